The van der Waals surface area contributed by atoms with Crippen LogP contribution in [-0.4, -0.2) is 32.7 Å². The molecule has 1 unspecified atom stereocenters. The predicted octanol–water partition coefficient (Wildman–Crippen LogP) is 3.90. The number of anilines is 1. The number of rotatable bonds is 7. The summed E-state index contributed by atoms with van der Waals surface area (Å²) in [7, 11) is 0. The molecule has 0 aliphatic carbocycles. The summed E-state index contributed by atoms with van der Waals surface area (Å²) in [5.74, 6) is 1.70. The molecule has 0 aliphatic heterocycles. The van der Waals surface area contributed by atoms with E-state index in [1.54, 1.807) is 12.4 Å². The van der Waals surface area contributed by atoms with Gasteiger partial charge in [0.25, 0.3) is 0 Å². The zero-order chi connectivity index (χ0) is 17.6. The highest BCUT2D eigenvalue weighted by atomic mass is 16.3. The Balaban J connectivity index is 1.93. The Morgan fingerprint density at radius 1 is 1.00 bits per heavy atom. The van der Waals surface area contributed by atoms with Gasteiger partial charge in [-0.25, -0.2) is 9.97 Å². The van der Waals surface area contributed by atoms with E-state index in [1.807, 2.05) is 36.4 Å². The number of fused-ring (bicyclic) bond motifs is 1. The third-order valence-corrected chi connectivity index (χ3v) is 4.61. The maximum Gasteiger partial charge on any atom is 0.162 e. The van der Waals surface area contributed by atoms with Crippen molar-refractivity contribution >= 4 is 16.7 Å². The fourth-order valence-electron chi connectivity index (χ4n) is 3.04. The summed E-state index contributed by atoms with van der Waals surface area (Å²) >= 11 is 0. The minimum Gasteiger partial charge on any atom is -0.391 e. The lowest BCUT2D eigenvalue weighted by Crippen LogP contribution is -2.28. The minimum absolute atomic E-state index is 0.292. The maximum absolute atomic E-state index is 10.4. The van der Waals surface area contributed by atoms with Crippen LogP contribution in [-0.2, 0) is 0 Å². The second kappa shape index (κ2) is 8.03. The summed E-state index contributed by atoms with van der Waals surface area (Å²) < 4.78 is 0. The molecule has 0 spiro atoms. The smallest absolute Gasteiger partial charge is 0.162 e. The molecule has 2 aromatic heterocycles. The van der Waals surface area contributed by atoms with Crippen molar-refractivity contribution in [3.05, 3.63) is 48.8 Å². The van der Waals surface area contributed by atoms with Crippen LogP contribution in [0.25, 0.3) is 22.3 Å². The SMILES string of the molecule is CCC(CC)C(O)CNc1nc(-c2ccncc2)nc2ccccc12. The Hall–Kier alpha value is -2.53. The lowest BCUT2D eigenvalue weighted by Gasteiger charge is -2.21. The molecule has 5 nitrogen and oxygen atoms in total. The largest absolute Gasteiger partial charge is 0.391 e. The van der Waals surface area contributed by atoms with E-state index in [2.05, 4.69) is 29.1 Å². The van der Waals surface area contributed by atoms with Gasteiger partial charge in [-0.2, -0.15) is 0 Å². The van der Waals surface area contributed by atoms with Gasteiger partial charge in [0.15, 0.2) is 5.82 Å². The van der Waals surface area contributed by atoms with Crippen LogP contribution in [0.1, 0.15) is 26.7 Å². The molecule has 2 N–H and O–H groups in total. The van der Waals surface area contributed by atoms with Crippen molar-refractivity contribution < 1.29 is 5.11 Å². The Labute approximate surface area is 148 Å². The van der Waals surface area contributed by atoms with Crippen LogP contribution in [0.2, 0.25) is 0 Å². The number of para-hydroxylation sites is 1. The molecule has 0 bridgehead atoms. The third-order valence-electron chi connectivity index (χ3n) is 4.61. The highest BCUT2D eigenvalue weighted by molar-refractivity contribution is 5.90. The zero-order valence-electron chi connectivity index (χ0n) is 14.7. The van der Waals surface area contributed by atoms with Gasteiger partial charge in [-0.1, -0.05) is 38.8 Å². The van der Waals surface area contributed by atoms with Gasteiger partial charge in [0.05, 0.1) is 11.6 Å². The fourth-order valence-corrected chi connectivity index (χ4v) is 3.04. The van der Waals surface area contributed by atoms with Crippen LogP contribution in [0.3, 0.4) is 0 Å². The molecule has 3 aromatic rings. The molecule has 25 heavy (non-hydrogen) atoms. The number of aromatic nitrogens is 3. The Morgan fingerprint density at radius 3 is 2.44 bits per heavy atom. The molecule has 0 aliphatic rings. The van der Waals surface area contributed by atoms with E-state index in [4.69, 9.17) is 4.98 Å². The van der Waals surface area contributed by atoms with Gasteiger partial charge in [-0.3, -0.25) is 4.98 Å². The molecule has 0 fully saturated rings. The quantitative estimate of drug-likeness (QED) is 0.685. The van der Waals surface area contributed by atoms with Crippen molar-refractivity contribution in [2.24, 2.45) is 5.92 Å². The van der Waals surface area contributed by atoms with Crippen LogP contribution in [0.5, 0.6) is 0 Å². The molecule has 2 heterocycles. The van der Waals surface area contributed by atoms with Crippen molar-refractivity contribution in [2.45, 2.75) is 32.8 Å². The first-order valence-electron chi connectivity index (χ1n) is 8.82. The van der Waals surface area contributed by atoms with Crippen molar-refractivity contribution in [3.63, 3.8) is 0 Å². The normalized spacial score (nSPS) is 12.5. The van der Waals surface area contributed by atoms with Crippen LogP contribution in [0.4, 0.5) is 5.82 Å². The minimum atomic E-state index is -0.395. The van der Waals surface area contributed by atoms with Gasteiger partial charge in [-0.05, 0) is 30.2 Å². The van der Waals surface area contributed by atoms with E-state index in [9.17, 15) is 5.11 Å². The van der Waals surface area contributed by atoms with Crippen molar-refractivity contribution in [2.75, 3.05) is 11.9 Å². The number of pyridine rings is 1. The highest BCUT2D eigenvalue weighted by Gasteiger charge is 2.16. The third kappa shape index (κ3) is 3.94. The van der Waals surface area contributed by atoms with Crippen molar-refractivity contribution in [3.8, 4) is 11.4 Å². The first kappa shape index (κ1) is 17.3. The summed E-state index contributed by atoms with van der Waals surface area (Å²) in [5.41, 5.74) is 1.80. The number of benzene rings is 1. The Kier molecular flexibility index (Phi) is 5.56. The Bertz CT molecular complexity index is 818. The first-order valence-corrected chi connectivity index (χ1v) is 8.82. The zero-order valence-corrected chi connectivity index (χ0v) is 14.7. The molecule has 0 saturated heterocycles. The highest BCUT2D eigenvalue weighted by Crippen LogP contribution is 2.25. The molecular formula is C20H24N4O. The predicted molar refractivity (Wildman–Crippen MR) is 101 cm³/mol. The first-order chi connectivity index (χ1) is 12.2. The maximum atomic E-state index is 10.4. The molecule has 1 aromatic carbocycles. The number of nitrogens with one attached hydrogen (secondary N) is 1. The summed E-state index contributed by atoms with van der Waals surface area (Å²) in [4.78, 5) is 13.4. The topological polar surface area (TPSA) is 70.9 Å². The van der Waals surface area contributed by atoms with E-state index in [0.29, 0.717) is 18.3 Å². The van der Waals surface area contributed by atoms with Gasteiger partial charge in [0.2, 0.25) is 0 Å². The van der Waals surface area contributed by atoms with Crippen molar-refractivity contribution in [1.82, 2.24) is 15.0 Å². The van der Waals surface area contributed by atoms with Gasteiger partial charge < -0.3 is 10.4 Å². The monoisotopic (exact) mass is 336 g/mol. The lowest BCUT2D eigenvalue weighted by molar-refractivity contribution is 0.114. The summed E-state index contributed by atoms with van der Waals surface area (Å²) in [5, 5.41) is 14.7. The molecular weight excluding hydrogens is 312 g/mol. The molecule has 0 amide bonds. The van der Waals surface area contributed by atoms with Gasteiger partial charge in [-0.15, -0.1) is 0 Å². The second-order valence-corrected chi connectivity index (χ2v) is 6.17. The number of nitrogens with zero attached hydrogens (tertiary/aromatic N) is 3. The standard InChI is InChI=1S/C20H24N4O/c1-3-14(4-2)18(25)13-22-20-16-7-5-6-8-17(16)23-19(24-20)15-9-11-21-12-10-15/h5-12,14,18,25H,3-4,13H2,1-2H3,(H,22,23,24). The van der Waals surface area contributed by atoms with E-state index in [1.165, 1.54) is 0 Å². The number of hydrogen-bond donors (Lipinski definition) is 2. The van der Waals surface area contributed by atoms with Gasteiger partial charge in [0.1, 0.15) is 5.82 Å². The van der Waals surface area contributed by atoms with E-state index in [0.717, 1.165) is 35.1 Å². The number of hydrogen-bond acceptors (Lipinski definition) is 5. The summed E-state index contributed by atoms with van der Waals surface area (Å²) in [6.45, 7) is 4.70. The molecule has 5 heteroatoms. The summed E-state index contributed by atoms with van der Waals surface area (Å²) in [6.07, 6.45) is 5.00. The van der Waals surface area contributed by atoms with Crippen LogP contribution >= 0.6 is 0 Å². The molecule has 0 saturated carbocycles. The molecule has 1 atom stereocenters. The molecule has 0 radical (unpaired) electrons. The molecule has 3 rings (SSSR count). The number of aliphatic hydroxyl groups excluding tert-OH is 1. The van der Waals surface area contributed by atoms with Crippen LogP contribution < -0.4 is 5.32 Å². The van der Waals surface area contributed by atoms with Crippen LogP contribution in [0, 0.1) is 5.92 Å². The average molecular weight is 336 g/mol. The summed E-state index contributed by atoms with van der Waals surface area (Å²) in [6, 6.07) is 11.7. The fraction of sp³-hybridized carbons (Fsp3) is 0.350. The van der Waals surface area contributed by atoms with Gasteiger partial charge in [0, 0.05) is 29.9 Å². The van der Waals surface area contributed by atoms with E-state index >= 15 is 0 Å². The van der Waals surface area contributed by atoms with E-state index < -0.39 is 6.10 Å². The van der Waals surface area contributed by atoms with Crippen molar-refractivity contribution in [1.29, 1.82) is 0 Å². The van der Waals surface area contributed by atoms with Crippen LogP contribution in [0.15, 0.2) is 48.8 Å². The average Bonchev–Trinajstić information content (AvgIpc) is 2.67. The number of aliphatic hydroxyl groups is 1. The van der Waals surface area contributed by atoms with E-state index in [-0.39, 0.29) is 0 Å². The lowest BCUT2D eigenvalue weighted by atomic mass is 9.96. The molecule has 130 valence electrons. The Morgan fingerprint density at radius 2 is 1.72 bits per heavy atom. The second-order valence-electron chi connectivity index (χ2n) is 6.17. The van der Waals surface area contributed by atoms with Gasteiger partial charge >= 0.3 is 0 Å².